The lowest BCUT2D eigenvalue weighted by Crippen LogP contribution is -2.14. The first kappa shape index (κ1) is 11.2. The predicted molar refractivity (Wildman–Crippen MR) is 56.6 cm³/mol. The molecule has 0 aliphatic carbocycles. The summed E-state index contributed by atoms with van der Waals surface area (Å²) >= 11 is 6.90. The summed E-state index contributed by atoms with van der Waals surface area (Å²) in [6, 6.07) is 1.95. The van der Waals surface area contributed by atoms with Crippen LogP contribution < -0.4 is 5.32 Å². The van der Waals surface area contributed by atoms with E-state index in [1.54, 1.807) is 0 Å². The Kier molecular flexibility index (Phi) is 4.14. The topological polar surface area (TPSA) is 68.9 Å². The molecule has 4 nitrogen and oxygen atoms in total. The largest absolute Gasteiger partial charge is 0.396 e. The molecule has 1 aromatic rings. The summed E-state index contributed by atoms with van der Waals surface area (Å²) in [5.74, 6) is 0.156. The maximum absolute atomic E-state index is 8.78. The molecule has 76 valence electrons. The molecule has 0 radical (unpaired) electrons. The molecule has 0 saturated heterocycles. The lowest BCUT2D eigenvalue weighted by atomic mass is 10.2. The van der Waals surface area contributed by atoms with Crippen molar-refractivity contribution in [2.45, 2.75) is 6.92 Å². The zero-order chi connectivity index (χ0) is 10.6. The highest BCUT2D eigenvalue weighted by atomic mass is 35.5. The second kappa shape index (κ2) is 5.15. The molecule has 0 aromatic carbocycles. The Morgan fingerprint density at radius 2 is 2.50 bits per heavy atom. The molecule has 1 heterocycles. The fourth-order valence-corrected chi connectivity index (χ4v) is 1.73. The first-order valence-electron chi connectivity index (χ1n) is 4.08. The van der Waals surface area contributed by atoms with Gasteiger partial charge in [-0.3, -0.25) is 0 Å². The van der Waals surface area contributed by atoms with E-state index < -0.39 is 0 Å². The molecule has 1 aromatic heterocycles. The molecule has 14 heavy (non-hydrogen) atoms. The van der Waals surface area contributed by atoms with Crippen LogP contribution in [0.5, 0.6) is 0 Å². The van der Waals surface area contributed by atoms with Gasteiger partial charge in [0, 0.05) is 13.2 Å². The highest BCUT2D eigenvalue weighted by molar-refractivity contribution is 7.16. The number of nitriles is 1. The van der Waals surface area contributed by atoms with Crippen LogP contribution in [0, 0.1) is 17.2 Å². The van der Waals surface area contributed by atoms with Gasteiger partial charge in [0.2, 0.25) is 0 Å². The molecule has 0 spiro atoms. The monoisotopic (exact) mass is 231 g/mol. The summed E-state index contributed by atoms with van der Waals surface area (Å²) in [4.78, 5) is 4.36. The Labute approximate surface area is 91.2 Å². The van der Waals surface area contributed by atoms with Gasteiger partial charge in [0.25, 0.3) is 0 Å². The number of hydrogen-bond acceptors (Lipinski definition) is 5. The average molecular weight is 232 g/mol. The van der Waals surface area contributed by atoms with E-state index >= 15 is 0 Å². The Morgan fingerprint density at radius 3 is 3.00 bits per heavy atom. The highest BCUT2D eigenvalue weighted by Gasteiger charge is 2.08. The molecule has 0 bridgehead atoms. The highest BCUT2D eigenvalue weighted by Crippen LogP contribution is 2.25. The van der Waals surface area contributed by atoms with Crippen LogP contribution in [0.3, 0.4) is 0 Å². The molecule has 1 rings (SSSR count). The molecular formula is C8H10ClN3OS. The van der Waals surface area contributed by atoms with Crippen molar-refractivity contribution in [2.24, 2.45) is 5.92 Å². The molecular weight excluding hydrogens is 222 g/mol. The summed E-state index contributed by atoms with van der Waals surface area (Å²) in [5.41, 5.74) is 0. The number of rotatable bonds is 4. The first-order chi connectivity index (χ1) is 6.67. The van der Waals surface area contributed by atoms with E-state index in [9.17, 15) is 0 Å². The molecule has 0 aliphatic heterocycles. The maximum atomic E-state index is 8.78. The van der Waals surface area contributed by atoms with Gasteiger partial charge in [-0.1, -0.05) is 29.9 Å². The van der Waals surface area contributed by atoms with E-state index in [4.69, 9.17) is 22.0 Å². The summed E-state index contributed by atoms with van der Waals surface area (Å²) < 4.78 is 0. The maximum Gasteiger partial charge on any atom is 0.185 e. The zero-order valence-electron chi connectivity index (χ0n) is 7.62. The minimum Gasteiger partial charge on any atom is -0.396 e. The lowest BCUT2D eigenvalue weighted by Gasteiger charge is -2.07. The minimum atomic E-state index is 0.122. The van der Waals surface area contributed by atoms with Gasteiger partial charge in [0.15, 0.2) is 10.3 Å². The fraction of sp³-hybridized carbons (Fsp3) is 0.500. The normalized spacial score (nSPS) is 12.1. The van der Waals surface area contributed by atoms with Crippen LogP contribution >= 0.6 is 22.9 Å². The number of nitrogens with one attached hydrogen (secondary N) is 1. The van der Waals surface area contributed by atoms with E-state index in [2.05, 4.69) is 10.3 Å². The Balaban J connectivity index is 2.56. The Hall–Kier alpha value is -0.830. The molecule has 0 aliphatic rings. The van der Waals surface area contributed by atoms with Crippen molar-refractivity contribution in [2.75, 3.05) is 18.5 Å². The summed E-state index contributed by atoms with van der Waals surface area (Å²) in [6.07, 6.45) is 0. The number of hydrogen-bond donors (Lipinski definition) is 2. The average Bonchev–Trinajstić information content (AvgIpc) is 2.55. The standard InChI is InChI=1S/C8H10ClN3OS/c1-5(4-13)3-11-8-12-7(9)6(2-10)14-8/h5,13H,3-4H2,1H3,(H,11,12). The third kappa shape index (κ3) is 2.84. The van der Waals surface area contributed by atoms with E-state index in [1.807, 2.05) is 13.0 Å². The van der Waals surface area contributed by atoms with Gasteiger partial charge in [-0.15, -0.1) is 0 Å². The molecule has 1 atom stereocenters. The fourth-order valence-electron chi connectivity index (χ4n) is 0.772. The summed E-state index contributed by atoms with van der Waals surface area (Å²) in [5, 5.41) is 21.3. The SMILES string of the molecule is CC(CO)CNc1nc(Cl)c(C#N)s1. The van der Waals surface area contributed by atoms with Gasteiger partial charge in [-0.05, 0) is 5.92 Å². The van der Waals surface area contributed by atoms with Crippen molar-refractivity contribution >= 4 is 28.1 Å². The van der Waals surface area contributed by atoms with Crippen molar-refractivity contribution < 1.29 is 5.11 Å². The predicted octanol–water partition coefficient (Wildman–Crippen LogP) is 1.71. The third-order valence-electron chi connectivity index (χ3n) is 1.60. The second-order valence-corrected chi connectivity index (χ2v) is 4.28. The van der Waals surface area contributed by atoms with Crippen LogP contribution in [0.1, 0.15) is 11.8 Å². The third-order valence-corrected chi connectivity index (χ3v) is 2.90. The van der Waals surface area contributed by atoms with Crippen LogP contribution in [0.4, 0.5) is 5.13 Å². The van der Waals surface area contributed by atoms with E-state index in [1.165, 1.54) is 11.3 Å². The molecule has 2 N–H and O–H groups in total. The smallest absolute Gasteiger partial charge is 0.185 e. The zero-order valence-corrected chi connectivity index (χ0v) is 9.19. The second-order valence-electron chi connectivity index (χ2n) is 2.92. The van der Waals surface area contributed by atoms with E-state index in [-0.39, 0.29) is 17.7 Å². The van der Waals surface area contributed by atoms with Crippen molar-refractivity contribution in [3.8, 4) is 6.07 Å². The molecule has 0 fully saturated rings. The van der Waals surface area contributed by atoms with Crippen molar-refractivity contribution in [3.63, 3.8) is 0 Å². The lowest BCUT2D eigenvalue weighted by molar-refractivity contribution is 0.244. The summed E-state index contributed by atoms with van der Waals surface area (Å²) in [7, 11) is 0. The number of halogens is 1. The van der Waals surface area contributed by atoms with Gasteiger partial charge >= 0.3 is 0 Å². The molecule has 1 unspecified atom stereocenters. The van der Waals surface area contributed by atoms with Crippen LogP contribution in [-0.4, -0.2) is 23.2 Å². The number of nitrogens with zero attached hydrogens (tertiary/aromatic N) is 2. The van der Waals surface area contributed by atoms with Gasteiger partial charge in [0.1, 0.15) is 10.9 Å². The van der Waals surface area contributed by atoms with Crippen LogP contribution in [0.25, 0.3) is 0 Å². The van der Waals surface area contributed by atoms with Gasteiger partial charge in [-0.2, -0.15) is 5.26 Å². The quantitative estimate of drug-likeness (QED) is 0.828. The molecule has 0 amide bonds. The van der Waals surface area contributed by atoms with E-state index in [0.717, 1.165) is 0 Å². The van der Waals surface area contributed by atoms with Crippen LogP contribution in [0.2, 0.25) is 5.15 Å². The van der Waals surface area contributed by atoms with Crippen molar-refractivity contribution in [1.29, 1.82) is 5.26 Å². The first-order valence-corrected chi connectivity index (χ1v) is 5.28. The molecule has 0 saturated carbocycles. The number of anilines is 1. The van der Waals surface area contributed by atoms with Gasteiger partial charge in [0.05, 0.1) is 0 Å². The van der Waals surface area contributed by atoms with E-state index in [0.29, 0.717) is 16.6 Å². The van der Waals surface area contributed by atoms with Gasteiger partial charge < -0.3 is 10.4 Å². The number of aliphatic hydroxyl groups excluding tert-OH is 1. The van der Waals surface area contributed by atoms with Crippen LogP contribution in [-0.2, 0) is 0 Å². The van der Waals surface area contributed by atoms with Gasteiger partial charge in [-0.25, -0.2) is 4.98 Å². The Bertz CT molecular complexity index is 347. The number of thiazole rings is 1. The Morgan fingerprint density at radius 1 is 1.79 bits per heavy atom. The number of aliphatic hydroxyl groups is 1. The van der Waals surface area contributed by atoms with Crippen molar-refractivity contribution in [1.82, 2.24) is 4.98 Å². The number of aromatic nitrogens is 1. The van der Waals surface area contributed by atoms with Crippen LogP contribution in [0.15, 0.2) is 0 Å². The van der Waals surface area contributed by atoms with Crippen molar-refractivity contribution in [3.05, 3.63) is 10.0 Å². The minimum absolute atomic E-state index is 0.122. The molecule has 6 heteroatoms. The summed E-state index contributed by atoms with van der Waals surface area (Å²) in [6.45, 7) is 2.65.